The Hall–Kier alpha value is -2.69. The molecule has 0 atom stereocenters. The predicted molar refractivity (Wildman–Crippen MR) is 88.1 cm³/mol. The first-order chi connectivity index (χ1) is 10.8. The molecule has 0 saturated heterocycles. The first kappa shape index (κ1) is 16.7. The standard InChI is InChI=1S/C18H20N2O3/c1-18(2,3)17(22)23-16(21)15(14-8-6-5-7-9-14)10-13-11-19-20(4)12-13/h5-12H,1-4H3/b15-10+. The molecule has 1 aromatic carbocycles. The molecular formula is C18H20N2O3. The molecule has 0 amide bonds. The Balaban J connectivity index is 2.36. The molecular weight excluding hydrogens is 292 g/mol. The van der Waals surface area contributed by atoms with Crippen LogP contribution in [0.15, 0.2) is 42.7 Å². The molecule has 0 aliphatic rings. The lowest BCUT2D eigenvalue weighted by atomic mass is 9.97. The average Bonchev–Trinajstić information content (AvgIpc) is 2.90. The van der Waals surface area contributed by atoms with E-state index in [9.17, 15) is 9.59 Å². The highest BCUT2D eigenvalue weighted by atomic mass is 16.6. The van der Waals surface area contributed by atoms with Gasteiger partial charge in [-0.2, -0.15) is 5.10 Å². The van der Waals surface area contributed by atoms with Crippen molar-refractivity contribution >= 4 is 23.6 Å². The second-order valence-corrected chi connectivity index (χ2v) is 6.30. The van der Waals surface area contributed by atoms with Gasteiger partial charge in [-0.1, -0.05) is 30.3 Å². The number of aromatic nitrogens is 2. The van der Waals surface area contributed by atoms with Crippen molar-refractivity contribution in [3.05, 3.63) is 53.9 Å². The highest BCUT2D eigenvalue weighted by Crippen LogP contribution is 2.22. The fraction of sp³-hybridized carbons (Fsp3) is 0.278. The normalized spacial score (nSPS) is 12.1. The number of carbonyl (C=O) groups excluding carboxylic acids is 2. The molecule has 0 unspecified atom stereocenters. The molecule has 0 N–H and O–H groups in total. The van der Waals surface area contributed by atoms with Gasteiger partial charge in [0.15, 0.2) is 0 Å². The number of hydrogen-bond acceptors (Lipinski definition) is 4. The molecule has 5 nitrogen and oxygen atoms in total. The van der Waals surface area contributed by atoms with E-state index >= 15 is 0 Å². The summed E-state index contributed by atoms with van der Waals surface area (Å²) in [6.45, 7) is 5.11. The monoisotopic (exact) mass is 312 g/mol. The van der Waals surface area contributed by atoms with Crippen molar-refractivity contribution in [3.63, 3.8) is 0 Å². The molecule has 120 valence electrons. The van der Waals surface area contributed by atoms with Crippen LogP contribution in [0.25, 0.3) is 11.6 Å². The van der Waals surface area contributed by atoms with E-state index in [0.29, 0.717) is 11.1 Å². The smallest absolute Gasteiger partial charge is 0.346 e. The van der Waals surface area contributed by atoms with Crippen LogP contribution in [-0.2, 0) is 21.4 Å². The van der Waals surface area contributed by atoms with Crippen LogP contribution < -0.4 is 0 Å². The number of aryl methyl sites for hydroxylation is 1. The number of ether oxygens (including phenoxy) is 1. The molecule has 0 fully saturated rings. The van der Waals surface area contributed by atoms with Gasteiger partial charge in [0.25, 0.3) is 0 Å². The van der Waals surface area contributed by atoms with Gasteiger partial charge in [-0.25, -0.2) is 4.79 Å². The summed E-state index contributed by atoms with van der Waals surface area (Å²) in [6, 6.07) is 9.10. The Morgan fingerprint density at radius 3 is 2.35 bits per heavy atom. The maximum Gasteiger partial charge on any atom is 0.346 e. The van der Waals surface area contributed by atoms with Gasteiger partial charge in [0.1, 0.15) is 0 Å². The lowest BCUT2D eigenvalue weighted by Crippen LogP contribution is -2.26. The van der Waals surface area contributed by atoms with Crippen LogP contribution in [0, 0.1) is 5.41 Å². The van der Waals surface area contributed by atoms with E-state index in [2.05, 4.69) is 5.10 Å². The number of benzene rings is 1. The number of rotatable bonds is 3. The van der Waals surface area contributed by atoms with Gasteiger partial charge in [-0.05, 0) is 32.4 Å². The third kappa shape index (κ3) is 4.39. The molecule has 2 aromatic rings. The summed E-state index contributed by atoms with van der Waals surface area (Å²) in [5.41, 5.74) is 1.01. The topological polar surface area (TPSA) is 61.2 Å². The largest absolute Gasteiger partial charge is 0.389 e. The van der Waals surface area contributed by atoms with Crippen molar-refractivity contribution in [1.82, 2.24) is 9.78 Å². The zero-order valence-electron chi connectivity index (χ0n) is 13.7. The van der Waals surface area contributed by atoms with Crippen LogP contribution in [0.2, 0.25) is 0 Å². The van der Waals surface area contributed by atoms with E-state index in [-0.39, 0.29) is 0 Å². The zero-order valence-corrected chi connectivity index (χ0v) is 13.7. The minimum atomic E-state index is -0.744. The fourth-order valence-electron chi connectivity index (χ4n) is 1.85. The lowest BCUT2D eigenvalue weighted by Gasteiger charge is -2.16. The second kappa shape index (κ2) is 6.60. The Labute approximate surface area is 135 Å². The van der Waals surface area contributed by atoms with E-state index in [1.54, 1.807) is 63.1 Å². The molecule has 0 aliphatic carbocycles. The van der Waals surface area contributed by atoms with E-state index in [0.717, 1.165) is 5.56 Å². The van der Waals surface area contributed by atoms with Crippen molar-refractivity contribution in [2.24, 2.45) is 12.5 Å². The molecule has 0 aliphatic heterocycles. The summed E-state index contributed by atoms with van der Waals surface area (Å²) in [4.78, 5) is 24.5. The zero-order chi connectivity index (χ0) is 17.0. The molecule has 2 rings (SSSR count). The number of carbonyl (C=O) groups is 2. The predicted octanol–water partition coefficient (Wildman–Crippen LogP) is 3.08. The van der Waals surface area contributed by atoms with Crippen LogP contribution >= 0.6 is 0 Å². The molecule has 0 saturated carbocycles. The molecule has 1 heterocycles. The number of hydrogen-bond donors (Lipinski definition) is 0. The SMILES string of the molecule is Cn1cc(/C=C(/C(=O)OC(=O)C(C)(C)C)c2ccccc2)cn1. The Kier molecular flexibility index (Phi) is 4.79. The van der Waals surface area contributed by atoms with Crippen molar-refractivity contribution in [1.29, 1.82) is 0 Å². The molecule has 0 spiro atoms. The van der Waals surface area contributed by atoms with Crippen LogP contribution in [0.5, 0.6) is 0 Å². The summed E-state index contributed by atoms with van der Waals surface area (Å²) in [5, 5.41) is 4.08. The number of esters is 2. The van der Waals surface area contributed by atoms with Crippen LogP contribution in [0.3, 0.4) is 0 Å². The summed E-state index contributed by atoms with van der Waals surface area (Å²) in [6.07, 6.45) is 5.09. The molecule has 0 bridgehead atoms. The minimum absolute atomic E-state index is 0.316. The van der Waals surface area contributed by atoms with Crippen LogP contribution in [0.1, 0.15) is 31.9 Å². The summed E-state index contributed by atoms with van der Waals surface area (Å²) >= 11 is 0. The first-order valence-corrected chi connectivity index (χ1v) is 7.30. The first-order valence-electron chi connectivity index (χ1n) is 7.30. The van der Waals surface area contributed by atoms with Gasteiger partial charge < -0.3 is 4.74 Å². The third-order valence-electron chi connectivity index (χ3n) is 3.14. The average molecular weight is 312 g/mol. The fourth-order valence-corrected chi connectivity index (χ4v) is 1.85. The number of nitrogens with zero attached hydrogens (tertiary/aromatic N) is 2. The maximum atomic E-state index is 12.5. The van der Waals surface area contributed by atoms with Crippen LogP contribution in [-0.4, -0.2) is 21.7 Å². The van der Waals surface area contributed by atoms with Gasteiger partial charge in [0, 0.05) is 18.8 Å². The summed E-state index contributed by atoms with van der Waals surface area (Å²) in [7, 11) is 1.79. The van der Waals surface area contributed by atoms with Crippen molar-refractivity contribution in [2.45, 2.75) is 20.8 Å². The van der Waals surface area contributed by atoms with Crippen molar-refractivity contribution in [2.75, 3.05) is 0 Å². The van der Waals surface area contributed by atoms with Crippen molar-refractivity contribution in [3.8, 4) is 0 Å². The Bertz CT molecular complexity index is 737. The second-order valence-electron chi connectivity index (χ2n) is 6.30. The van der Waals surface area contributed by atoms with Gasteiger partial charge in [-0.15, -0.1) is 0 Å². The third-order valence-corrected chi connectivity index (χ3v) is 3.14. The van der Waals surface area contributed by atoms with Gasteiger partial charge in [0.05, 0.1) is 17.2 Å². The molecule has 1 aromatic heterocycles. The quantitative estimate of drug-likeness (QED) is 0.496. The Morgan fingerprint density at radius 2 is 1.83 bits per heavy atom. The van der Waals surface area contributed by atoms with Gasteiger partial charge in [0.2, 0.25) is 0 Å². The highest BCUT2D eigenvalue weighted by Gasteiger charge is 2.27. The molecule has 0 radical (unpaired) electrons. The van der Waals surface area contributed by atoms with E-state index in [4.69, 9.17) is 4.74 Å². The molecule has 23 heavy (non-hydrogen) atoms. The van der Waals surface area contributed by atoms with E-state index < -0.39 is 17.4 Å². The molecule has 5 heteroatoms. The minimum Gasteiger partial charge on any atom is -0.389 e. The lowest BCUT2D eigenvalue weighted by molar-refractivity contribution is -0.161. The Morgan fingerprint density at radius 1 is 1.17 bits per heavy atom. The van der Waals surface area contributed by atoms with E-state index in [1.165, 1.54) is 0 Å². The van der Waals surface area contributed by atoms with Gasteiger partial charge >= 0.3 is 11.9 Å². The van der Waals surface area contributed by atoms with Crippen molar-refractivity contribution < 1.29 is 14.3 Å². The summed E-state index contributed by atoms with van der Waals surface area (Å²) in [5.74, 6) is -1.23. The van der Waals surface area contributed by atoms with E-state index in [1.807, 2.05) is 18.2 Å². The highest BCUT2D eigenvalue weighted by molar-refractivity contribution is 6.23. The maximum absolute atomic E-state index is 12.5. The van der Waals surface area contributed by atoms with Gasteiger partial charge in [-0.3, -0.25) is 9.48 Å². The van der Waals surface area contributed by atoms with Crippen LogP contribution in [0.4, 0.5) is 0 Å². The summed E-state index contributed by atoms with van der Waals surface area (Å²) < 4.78 is 6.68.